The fourth-order valence-corrected chi connectivity index (χ4v) is 5.07. The number of hydrogen-bond acceptors (Lipinski definition) is 3. The Balaban J connectivity index is 1.41. The highest BCUT2D eigenvalue weighted by atomic mass is 32.2. The van der Waals surface area contributed by atoms with Crippen molar-refractivity contribution in [2.24, 2.45) is 11.8 Å². The van der Waals surface area contributed by atoms with E-state index >= 15 is 0 Å². The summed E-state index contributed by atoms with van der Waals surface area (Å²) in [6.07, 6.45) is 9.56. The van der Waals surface area contributed by atoms with Crippen LogP contribution in [-0.2, 0) is 10.5 Å². The number of carbonyl (C=O) groups excluding carboxylic acids is 1. The molecule has 0 unspecified atom stereocenters. The van der Waals surface area contributed by atoms with E-state index in [1.54, 1.807) is 11.8 Å². The average Bonchev–Trinajstić information content (AvgIpc) is 3.42. The maximum absolute atomic E-state index is 12.5. The topological polar surface area (TPSA) is 51.9 Å². The van der Waals surface area contributed by atoms with Crippen molar-refractivity contribution in [3.63, 3.8) is 0 Å². The van der Waals surface area contributed by atoms with Crippen LogP contribution in [0, 0.1) is 11.8 Å². The number of aromatic nitrogens is 3. The van der Waals surface area contributed by atoms with Gasteiger partial charge < -0.3 is 9.88 Å². The van der Waals surface area contributed by atoms with Crippen molar-refractivity contribution in [2.75, 3.05) is 5.75 Å². The highest BCUT2D eigenvalue weighted by Gasteiger charge is 2.28. The molecule has 3 aromatic rings. The maximum Gasteiger partial charge on any atom is 0.230 e. The van der Waals surface area contributed by atoms with Crippen molar-refractivity contribution >= 4 is 17.7 Å². The van der Waals surface area contributed by atoms with E-state index in [0.29, 0.717) is 23.6 Å². The molecule has 4 rings (SSSR count). The maximum atomic E-state index is 12.5. The van der Waals surface area contributed by atoms with Gasteiger partial charge in [0.25, 0.3) is 0 Å². The van der Waals surface area contributed by atoms with Crippen molar-refractivity contribution < 1.29 is 4.79 Å². The molecule has 0 spiro atoms. The minimum atomic E-state index is 0.143. The second-order valence-electron chi connectivity index (χ2n) is 8.27. The first-order chi connectivity index (χ1) is 14.6. The highest BCUT2D eigenvalue weighted by molar-refractivity contribution is 7.99. The van der Waals surface area contributed by atoms with Gasteiger partial charge in [-0.05, 0) is 42.5 Å². The lowest BCUT2D eigenvalue weighted by atomic mass is 9.78. The highest BCUT2D eigenvalue weighted by Crippen LogP contribution is 2.29. The lowest BCUT2D eigenvalue weighted by Crippen LogP contribution is -2.44. The zero-order chi connectivity index (χ0) is 20.9. The van der Waals surface area contributed by atoms with Crippen molar-refractivity contribution in [1.29, 1.82) is 0 Å². The molecule has 1 N–H and O–H groups in total. The van der Waals surface area contributed by atoms with E-state index in [9.17, 15) is 4.79 Å². The summed E-state index contributed by atoms with van der Waals surface area (Å²) in [5.74, 6) is 3.61. The number of benzene rings is 1. The smallest absolute Gasteiger partial charge is 0.230 e. The Morgan fingerprint density at radius 2 is 1.90 bits per heavy atom. The molecule has 0 aliphatic heterocycles. The standard InChI is InChI=1S/C24H30N4OS/c1-18-9-8-12-22(19(18)2)26-23(29)17-30-16-20-15-25-28(21-10-4-3-5-11-21)24(20)27-13-6-7-14-27/h3-7,10-11,13-15,18-19,22H,8-9,12,16-17H2,1-2H3,(H,26,29)/t18-,19-,22-/m1/s1. The van der Waals surface area contributed by atoms with Gasteiger partial charge in [-0.2, -0.15) is 5.10 Å². The molecule has 1 saturated carbocycles. The number of rotatable bonds is 7. The first kappa shape index (κ1) is 20.8. The molecular formula is C24H30N4OS. The van der Waals surface area contributed by atoms with Gasteiger partial charge >= 0.3 is 0 Å². The molecule has 1 amide bonds. The van der Waals surface area contributed by atoms with Gasteiger partial charge in [-0.1, -0.05) is 44.9 Å². The van der Waals surface area contributed by atoms with Crippen LogP contribution in [0.3, 0.4) is 0 Å². The molecule has 30 heavy (non-hydrogen) atoms. The summed E-state index contributed by atoms with van der Waals surface area (Å²) >= 11 is 1.65. The molecule has 3 atom stereocenters. The fraction of sp³-hybridized carbons (Fsp3) is 0.417. The molecule has 1 aliphatic rings. The molecule has 2 heterocycles. The molecule has 1 aliphatic carbocycles. The zero-order valence-corrected chi connectivity index (χ0v) is 18.5. The Kier molecular flexibility index (Phi) is 6.62. The van der Waals surface area contributed by atoms with Crippen molar-refractivity contribution in [3.8, 4) is 11.5 Å². The molecule has 158 valence electrons. The van der Waals surface area contributed by atoms with Gasteiger partial charge in [0.05, 0.1) is 17.6 Å². The molecule has 6 heteroatoms. The van der Waals surface area contributed by atoms with E-state index in [1.165, 1.54) is 12.8 Å². The van der Waals surface area contributed by atoms with Crippen LogP contribution < -0.4 is 5.32 Å². The van der Waals surface area contributed by atoms with Crippen LogP contribution in [0.1, 0.15) is 38.7 Å². The predicted octanol–water partition coefficient (Wildman–Crippen LogP) is 4.84. The van der Waals surface area contributed by atoms with Gasteiger partial charge in [0, 0.05) is 29.8 Å². The van der Waals surface area contributed by atoms with Crippen LogP contribution in [0.4, 0.5) is 0 Å². The number of thioether (sulfide) groups is 1. The van der Waals surface area contributed by atoms with Crippen LogP contribution in [0.15, 0.2) is 61.1 Å². The Labute approximate surface area is 182 Å². The molecule has 5 nitrogen and oxygen atoms in total. The lowest BCUT2D eigenvalue weighted by molar-refractivity contribution is -0.119. The van der Waals surface area contributed by atoms with Crippen molar-refractivity contribution in [1.82, 2.24) is 19.7 Å². The Bertz CT molecular complexity index is 951. The normalized spacial score (nSPS) is 21.5. The Morgan fingerprint density at radius 3 is 2.67 bits per heavy atom. The summed E-state index contributed by atoms with van der Waals surface area (Å²) in [6.45, 7) is 4.56. The summed E-state index contributed by atoms with van der Waals surface area (Å²) in [4.78, 5) is 12.5. The van der Waals surface area contributed by atoms with Gasteiger partial charge in [-0.3, -0.25) is 4.79 Å². The number of amides is 1. The van der Waals surface area contributed by atoms with E-state index in [2.05, 4.69) is 41.0 Å². The molecule has 0 bridgehead atoms. The number of carbonyl (C=O) groups is 1. The SMILES string of the molecule is C[C@@H]1[C@H](C)CCC[C@H]1NC(=O)CSCc1cnn(-c2ccccc2)c1-n1cccc1. The summed E-state index contributed by atoms with van der Waals surface area (Å²) in [5, 5.41) is 7.91. The largest absolute Gasteiger partial charge is 0.352 e. The first-order valence-electron chi connectivity index (χ1n) is 10.8. The van der Waals surface area contributed by atoms with E-state index < -0.39 is 0 Å². The van der Waals surface area contributed by atoms with Gasteiger partial charge in [0.15, 0.2) is 0 Å². The molecular weight excluding hydrogens is 392 g/mol. The third-order valence-corrected chi connectivity index (χ3v) is 7.19. The van der Waals surface area contributed by atoms with Gasteiger partial charge in [0.1, 0.15) is 5.82 Å². The first-order valence-corrected chi connectivity index (χ1v) is 11.9. The van der Waals surface area contributed by atoms with Gasteiger partial charge in [0.2, 0.25) is 5.91 Å². The predicted molar refractivity (Wildman–Crippen MR) is 123 cm³/mol. The molecule has 1 fully saturated rings. The van der Waals surface area contributed by atoms with Gasteiger partial charge in [-0.15, -0.1) is 11.8 Å². The summed E-state index contributed by atoms with van der Waals surface area (Å²) < 4.78 is 4.04. The minimum Gasteiger partial charge on any atom is -0.352 e. The molecule has 1 aromatic carbocycles. The Morgan fingerprint density at radius 1 is 1.13 bits per heavy atom. The second-order valence-corrected chi connectivity index (χ2v) is 9.25. The third kappa shape index (κ3) is 4.64. The minimum absolute atomic E-state index is 0.143. The number of hydrogen-bond donors (Lipinski definition) is 1. The average molecular weight is 423 g/mol. The van der Waals surface area contributed by atoms with Crippen LogP contribution >= 0.6 is 11.8 Å². The number of nitrogens with one attached hydrogen (secondary N) is 1. The quantitative estimate of drug-likeness (QED) is 0.593. The summed E-state index contributed by atoms with van der Waals surface area (Å²) in [5.41, 5.74) is 2.14. The van der Waals surface area contributed by atoms with E-state index in [4.69, 9.17) is 0 Å². The fourth-order valence-electron chi connectivity index (χ4n) is 4.27. The van der Waals surface area contributed by atoms with Gasteiger partial charge in [-0.25, -0.2) is 4.68 Å². The molecule has 2 aromatic heterocycles. The summed E-state index contributed by atoms with van der Waals surface area (Å²) in [7, 11) is 0. The second kappa shape index (κ2) is 9.56. The van der Waals surface area contributed by atoms with E-state index in [1.807, 2.05) is 53.6 Å². The Hall–Kier alpha value is -2.47. The van der Waals surface area contributed by atoms with Crippen molar-refractivity contribution in [2.45, 2.75) is 44.9 Å². The van der Waals surface area contributed by atoms with Crippen LogP contribution in [0.5, 0.6) is 0 Å². The van der Waals surface area contributed by atoms with Crippen molar-refractivity contribution in [3.05, 3.63) is 66.6 Å². The van der Waals surface area contributed by atoms with E-state index in [0.717, 1.165) is 29.2 Å². The van der Waals surface area contributed by atoms with E-state index in [-0.39, 0.29) is 5.91 Å². The molecule has 0 saturated heterocycles. The third-order valence-electron chi connectivity index (χ3n) is 6.21. The number of nitrogens with zero attached hydrogens (tertiary/aromatic N) is 3. The van der Waals surface area contributed by atoms with Crippen LogP contribution in [0.25, 0.3) is 11.5 Å². The zero-order valence-electron chi connectivity index (χ0n) is 17.7. The van der Waals surface area contributed by atoms with Crippen LogP contribution in [-0.4, -0.2) is 32.0 Å². The lowest BCUT2D eigenvalue weighted by Gasteiger charge is -2.34. The summed E-state index contributed by atoms with van der Waals surface area (Å²) in [6, 6.07) is 14.5. The number of para-hydroxylation sites is 1. The monoisotopic (exact) mass is 422 g/mol. The molecule has 0 radical (unpaired) electrons. The van der Waals surface area contributed by atoms with Crippen LogP contribution in [0.2, 0.25) is 0 Å².